The largest absolute Gasteiger partial charge is 0.356 e. The molecule has 3 rings (SSSR count). The molecule has 1 fully saturated rings. The average Bonchev–Trinajstić information content (AvgIpc) is 3.53. The summed E-state index contributed by atoms with van der Waals surface area (Å²) in [5, 5.41) is 0. The van der Waals surface area contributed by atoms with Crippen molar-refractivity contribution >= 4 is 17.6 Å². The summed E-state index contributed by atoms with van der Waals surface area (Å²) in [5.74, 6) is -0.483. The van der Waals surface area contributed by atoms with E-state index in [4.69, 9.17) is 4.74 Å². The summed E-state index contributed by atoms with van der Waals surface area (Å²) in [5.41, 5.74) is 0.645. The number of ketones is 2. The fourth-order valence-corrected chi connectivity index (χ4v) is 2.71. The molecule has 0 saturated carbocycles. The molecule has 0 spiro atoms. The summed E-state index contributed by atoms with van der Waals surface area (Å²) in [6.45, 7) is 17.1. The predicted octanol–water partition coefficient (Wildman–Crippen LogP) is 7.14. The number of benzene rings is 2. The van der Waals surface area contributed by atoms with Gasteiger partial charge in [0.25, 0.3) is 0 Å². The smallest absolute Gasteiger partial charge is 0.169 e. The van der Waals surface area contributed by atoms with Gasteiger partial charge in [0.2, 0.25) is 0 Å². The first-order valence-electron chi connectivity index (χ1n) is 10.7. The number of carbonyl (C=O) groups is 2. The van der Waals surface area contributed by atoms with E-state index < -0.39 is 11.5 Å². The lowest BCUT2D eigenvalue weighted by Crippen LogP contribution is -2.25. The van der Waals surface area contributed by atoms with Gasteiger partial charge in [0.15, 0.2) is 11.6 Å². The number of Topliss-reactive ketones (excluding diaryl/α,β-unsaturated/α-hetero) is 1. The van der Waals surface area contributed by atoms with Gasteiger partial charge in [-0.15, -0.1) is 13.2 Å². The first-order chi connectivity index (χ1) is 15.3. The van der Waals surface area contributed by atoms with Crippen LogP contribution < -0.4 is 0 Å². The second-order valence-electron chi connectivity index (χ2n) is 9.65. The highest BCUT2D eigenvalue weighted by Crippen LogP contribution is 2.42. The van der Waals surface area contributed by atoms with Crippen LogP contribution in [0.25, 0.3) is 6.08 Å². The Kier molecular flexibility index (Phi) is 10.1. The molecule has 2 aromatic rings. The third-order valence-corrected chi connectivity index (χ3v) is 4.68. The van der Waals surface area contributed by atoms with E-state index >= 15 is 0 Å². The molecule has 3 nitrogen and oxygen atoms in total. The van der Waals surface area contributed by atoms with Crippen molar-refractivity contribution in [2.24, 2.45) is 10.8 Å². The zero-order chi connectivity index (χ0) is 25.4. The Labute approximate surface area is 196 Å². The average molecular weight is 457 g/mol. The number of hydrogen-bond acceptors (Lipinski definition) is 3. The Bertz CT molecular complexity index is 981. The monoisotopic (exact) mass is 456 g/mol. The lowest BCUT2D eigenvalue weighted by Gasteiger charge is -2.14. The van der Waals surface area contributed by atoms with Crippen LogP contribution in [0.2, 0.25) is 0 Å². The molecule has 5 heteroatoms. The van der Waals surface area contributed by atoms with E-state index in [0.717, 1.165) is 5.56 Å². The van der Waals surface area contributed by atoms with Crippen molar-refractivity contribution in [3.05, 3.63) is 90.5 Å². The summed E-state index contributed by atoms with van der Waals surface area (Å²) >= 11 is 0. The highest BCUT2D eigenvalue weighted by Gasteiger charge is 2.49. The van der Waals surface area contributed by atoms with E-state index in [2.05, 4.69) is 13.2 Å². The minimum Gasteiger partial charge on any atom is -0.356 e. The standard InChI is InChI=1S/C13H15FO2.C13H15FO.C2H4/c1-13(2,3)12(15)11-10(16-11)8-5-4-6-9(14)7-8;1-13(2,3)12(15)8-7-10-5-4-6-11(14)9-10;1-2/h4-7,10-11H,1-3H3;4-9H,1-3H3;1-2H2/b;8-7+;. The van der Waals surface area contributed by atoms with Crippen LogP contribution in [-0.4, -0.2) is 17.7 Å². The fourth-order valence-electron chi connectivity index (χ4n) is 2.71. The van der Waals surface area contributed by atoms with Crippen molar-refractivity contribution in [1.29, 1.82) is 0 Å². The quantitative estimate of drug-likeness (QED) is 0.279. The summed E-state index contributed by atoms with van der Waals surface area (Å²) in [4.78, 5) is 23.4. The van der Waals surface area contributed by atoms with E-state index in [-0.39, 0.29) is 34.7 Å². The van der Waals surface area contributed by atoms with Crippen molar-refractivity contribution in [2.45, 2.75) is 53.8 Å². The number of epoxide rings is 1. The van der Waals surface area contributed by atoms with Gasteiger partial charge in [-0.05, 0) is 41.5 Å². The molecule has 0 amide bonds. The molecule has 2 aromatic carbocycles. The second-order valence-corrected chi connectivity index (χ2v) is 9.65. The third-order valence-electron chi connectivity index (χ3n) is 4.68. The van der Waals surface area contributed by atoms with Crippen LogP contribution in [0.5, 0.6) is 0 Å². The van der Waals surface area contributed by atoms with Crippen LogP contribution in [-0.2, 0) is 14.3 Å². The Hall–Kier alpha value is -2.92. The molecule has 178 valence electrons. The molecule has 0 aliphatic carbocycles. The molecule has 33 heavy (non-hydrogen) atoms. The van der Waals surface area contributed by atoms with Crippen LogP contribution in [0.1, 0.15) is 58.8 Å². The number of hydrogen-bond donors (Lipinski definition) is 0. The Morgan fingerprint density at radius 2 is 1.42 bits per heavy atom. The predicted molar refractivity (Wildman–Crippen MR) is 130 cm³/mol. The molecular weight excluding hydrogens is 422 g/mol. The van der Waals surface area contributed by atoms with Gasteiger partial charge < -0.3 is 4.74 Å². The number of carbonyl (C=O) groups excluding carboxylic acids is 2. The normalized spacial score (nSPS) is 17.3. The maximum atomic E-state index is 13.0. The second kappa shape index (κ2) is 11.8. The molecule has 1 saturated heterocycles. The Morgan fingerprint density at radius 3 is 1.91 bits per heavy atom. The maximum Gasteiger partial charge on any atom is 0.169 e. The summed E-state index contributed by atoms with van der Waals surface area (Å²) in [7, 11) is 0. The van der Waals surface area contributed by atoms with Crippen LogP contribution >= 0.6 is 0 Å². The molecule has 0 radical (unpaired) electrons. The first kappa shape index (κ1) is 28.1. The van der Waals surface area contributed by atoms with E-state index in [9.17, 15) is 18.4 Å². The topological polar surface area (TPSA) is 46.7 Å². The third kappa shape index (κ3) is 9.22. The summed E-state index contributed by atoms with van der Waals surface area (Å²) in [6.07, 6.45) is 2.47. The number of ether oxygens (including phenoxy) is 1. The van der Waals surface area contributed by atoms with Gasteiger partial charge in [0, 0.05) is 10.8 Å². The van der Waals surface area contributed by atoms with Gasteiger partial charge >= 0.3 is 0 Å². The van der Waals surface area contributed by atoms with Crippen LogP contribution in [0.15, 0.2) is 67.8 Å². The first-order valence-corrected chi connectivity index (χ1v) is 10.7. The molecule has 0 aromatic heterocycles. The van der Waals surface area contributed by atoms with E-state index in [1.54, 1.807) is 30.3 Å². The Balaban J connectivity index is 0.000000308. The van der Waals surface area contributed by atoms with Crippen molar-refractivity contribution < 1.29 is 23.1 Å². The zero-order valence-corrected chi connectivity index (χ0v) is 20.3. The molecular formula is C28H34F2O3. The lowest BCUT2D eigenvalue weighted by atomic mass is 9.87. The van der Waals surface area contributed by atoms with Gasteiger partial charge in [0.05, 0.1) is 0 Å². The van der Waals surface area contributed by atoms with E-state index in [1.165, 1.54) is 30.3 Å². The minimum atomic E-state index is -0.410. The van der Waals surface area contributed by atoms with Gasteiger partial charge in [-0.3, -0.25) is 9.59 Å². The summed E-state index contributed by atoms with van der Waals surface area (Å²) < 4.78 is 31.1. The summed E-state index contributed by atoms with van der Waals surface area (Å²) in [6, 6.07) is 12.4. The van der Waals surface area contributed by atoms with Crippen LogP contribution in [0.4, 0.5) is 8.78 Å². The number of halogens is 2. The number of allylic oxidation sites excluding steroid dienone is 1. The van der Waals surface area contributed by atoms with Gasteiger partial charge in [-0.2, -0.15) is 0 Å². The lowest BCUT2D eigenvalue weighted by molar-refractivity contribution is -0.127. The van der Waals surface area contributed by atoms with Crippen LogP contribution in [0, 0.1) is 22.5 Å². The van der Waals surface area contributed by atoms with Crippen molar-refractivity contribution in [2.75, 3.05) is 0 Å². The molecule has 2 atom stereocenters. The highest BCUT2D eigenvalue weighted by molar-refractivity contribution is 5.97. The minimum absolute atomic E-state index is 0.0340. The zero-order valence-electron chi connectivity index (χ0n) is 20.3. The fraction of sp³-hybridized carbons (Fsp3) is 0.357. The molecule has 0 N–H and O–H groups in total. The van der Waals surface area contributed by atoms with Gasteiger partial charge in [-0.1, -0.05) is 71.9 Å². The van der Waals surface area contributed by atoms with Crippen molar-refractivity contribution in [3.8, 4) is 0 Å². The molecule has 2 unspecified atom stereocenters. The molecule has 1 aliphatic rings. The SMILES string of the molecule is C=C.CC(C)(C)C(=O)/C=C/c1cccc(F)c1.CC(C)(C)C(=O)C1OC1c1cccc(F)c1. The van der Waals surface area contributed by atoms with Gasteiger partial charge in [-0.25, -0.2) is 8.78 Å². The van der Waals surface area contributed by atoms with Crippen molar-refractivity contribution in [1.82, 2.24) is 0 Å². The van der Waals surface area contributed by atoms with E-state index in [1.807, 2.05) is 41.5 Å². The Morgan fingerprint density at radius 1 is 0.879 bits per heavy atom. The maximum absolute atomic E-state index is 13.0. The highest BCUT2D eigenvalue weighted by atomic mass is 19.1. The molecule has 0 bridgehead atoms. The number of rotatable bonds is 4. The van der Waals surface area contributed by atoms with Crippen LogP contribution in [0.3, 0.4) is 0 Å². The van der Waals surface area contributed by atoms with E-state index in [0.29, 0.717) is 5.56 Å². The van der Waals surface area contributed by atoms with Crippen molar-refractivity contribution in [3.63, 3.8) is 0 Å². The van der Waals surface area contributed by atoms with Gasteiger partial charge in [0.1, 0.15) is 23.8 Å². The molecule has 1 heterocycles. The molecule has 1 aliphatic heterocycles.